The van der Waals surface area contributed by atoms with Crippen molar-refractivity contribution in [3.63, 3.8) is 0 Å². The number of hydrogen-bond donors (Lipinski definition) is 3. The van der Waals surface area contributed by atoms with Crippen LogP contribution < -0.4 is 22.5 Å². The summed E-state index contributed by atoms with van der Waals surface area (Å²) in [6.45, 7) is 7.09. The van der Waals surface area contributed by atoms with Crippen molar-refractivity contribution in [2.75, 3.05) is 44.6 Å². The third kappa shape index (κ3) is 7.27. The van der Waals surface area contributed by atoms with Gasteiger partial charge in [-0.15, -0.1) is 12.4 Å². The number of benzene rings is 1. The van der Waals surface area contributed by atoms with Crippen molar-refractivity contribution in [1.29, 1.82) is 0 Å². The summed E-state index contributed by atoms with van der Waals surface area (Å²) in [5.41, 5.74) is 14.1. The van der Waals surface area contributed by atoms with E-state index in [1.165, 1.54) is 15.7 Å². The standard InChI is InChI=1S/C29H42N8O3.ClH/c1-29(2,31)26(38)35-14-16-36(17-15-35)27(39)32-25-10-13-37(28(40)33-25)24-8-6-20-5-7-23(18-21(20)19-24)34-11-3-4-22(30)9-12-34;/h6,8,10,13,19,22-23H,3-5,7,9,11-12,14-18,30-31H2,1-2H3,(H,32,33,39,40);1H. The van der Waals surface area contributed by atoms with E-state index in [1.807, 2.05) is 6.07 Å². The minimum absolute atomic E-state index is 0. The van der Waals surface area contributed by atoms with E-state index in [4.69, 9.17) is 11.5 Å². The number of nitrogens with two attached hydrogens (primary N) is 2. The topological polar surface area (TPSA) is 143 Å². The van der Waals surface area contributed by atoms with Gasteiger partial charge in [-0.3, -0.25) is 19.6 Å². The lowest BCUT2D eigenvalue weighted by atomic mass is 9.87. The number of nitrogens with zero attached hydrogens (tertiary/aromatic N) is 5. The number of halogens is 1. The number of carbonyl (C=O) groups excluding carboxylic acids is 2. The van der Waals surface area contributed by atoms with Gasteiger partial charge in [0.05, 0.1) is 11.2 Å². The van der Waals surface area contributed by atoms with Crippen molar-refractivity contribution in [2.45, 2.75) is 70.0 Å². The van der Waals surface area contributed by atoms with Gasteiger partial charge in [0.1, 0.15) is 5.82 Å². The Labute approximate surface area is 247 Å². The van der Waals surface area contributed by atoms with Crippen molar-refractivity contribution < 1.29 is 9.59 Å². The largest absolute Gasteiger partial charge is 0.354 e. The quantitative estimate of drug-likeness (QED) is 0.495. The van der Waals surface area contributed by atoms with Gasteiger partial charge >= 0.3 is 11.7 Å². The molecule has 5 rings (SSSR count). The molecule has 3 aliphatic rings. The molecule has 0 spiro atoms. The number of aryl methyl sites for hydroxylation is 1. The molecule has 2 atom stereocenters. The van der Waals surface area contributed by atoms with Gasteiger partial charge in [0.15, 0.2) is 0 Å². The Morgan fingerprint density at radius 3 is 2.41 bits per heavy atom. The molecular weight excluding hydrogens is 544 g/mol. The number of rotatable bonds is 4. The summed E-state index contributed by atoms with van der Waals surface area (Å²) in [7, 11) is 0. The fraction of sp³-hybridized carbons (Fsp3) is 0.586. The van der Waals surface area contributed by atoms with Gasteiger partial charge in [0, 0.05) is 44.5 Å². The fourth-order valence-corrected chi connectivity index (χ4v) is 6.07. The monoisotopic (exact) mass is 586 g/mol. The van der Waals surface area contributed by atoms with Crippen LogP contribution in [0.1, 0.15) is 50.7 Å². The highest BCUT2D eigenvalue weighted by Crippen LogP contribution is 2.28. The summed E-state index contributed by atoms with van der Waals surface area (Å²) < 4.78 is 1.52. The SMILES string of the molecule is CC(C)(N)C(=O)N1CCN(C(=O)Nc2ccn(-c3ccc4c(c3)CC(N3CCCC(N)CC3)CC4)c(=O)n2)CC1.Cl. The minimum atomic E-state index is -0.945. The maximum absolute atomic E-state index is 13.0. The molecule has 41 heavy (non-hydrogen) atoms. The molecule has 5 N–H and O–H groups in total. The second-order valence-corrected chi connectivity index (χ2v) is 12.0. The first-order valence-corrected chi connectivity index (χ1v) is 14.4. The van der Waals surface area contributed by atoms with Crippen molar-refractivity contribution in [1.82, 2.24) is 24.3 Å². The van der Waals surface area contributed by atoms with Crippen LogP contribution in [0.4, 0.5) is 10.6 Å². The number of piperazine rings is 1. The third-order valence-corrected chi connectivity index (χ3v) is 8.44. The molecule has 12 heteroatoms. The van der Waals surface area contributed by atoms with Crippen molar-refractivity contribution in [3.8, 4) is 5.69 Å². The summed E-state index contributed by atoms with van der Waals surface area (Å²) >= 11 is 0. The molecule has 1 aliphatic carbocycles. The number of carbonyl (C=O) groups is 2. The fourth-order valence-electron chi connectivity index (χ4n) is 6.07. The first-order valence-electron chi connectivity index (χ1n) is 14.4. The zero-order valence-corrected chi connectivity index (χ0v) is 24.9. The van der Waals surface area contributed by atoms with Crippen molar-refractivity contribution in [3.05, 3.63) is 52.1 Å². The highest BCUT2D eigenvalue weighted by Gasteiger charge is 2.31. The molecule has 2 saturated heterocycles. The summed E-state index contributed by atoms with van der Waals surface area (Å²) in [6.07, 6.45) is 8.11. The lowest BCUT2D eigenvalue weighted by molar-refractivity contribution is -0.137. The van der Waals surface area contributed by atoms with Crippen LogP contribution in [0.2, 0.25) is 0 Å². The minimum Gasteiger partial charge on any atom is -0.338 e. The molecule has 2 fully saturated rings. The number of likely N-dealkylation sites (tertiary alicyclic amines) is 1. The van der Waals surface area contributed by atoms with E-state index in [0.717, 1.165) is 57.3 Å². The zero-order valence-electron chi connectivity index (χ0n) is 24.1. The first kappa shape index (κ1) is 31.0. The smallest absolute Gasteiger partial charge is 0.338 e. The normalized spacial score (nSPS) is 21.9. The molecule has 0 radical (unpaired) electrons. The maximum atomic E-state index is 13.0. The predicted molar refractivity (Wildman–Crippen MR) is 162 cm³/mol. The summed E-state index contributed by atoms with van der Waals surface area (Å²) in [5, 5.41) is 2.73. The van der Waals surface area contributed by atoms with Gasteiger partial charge in [-0.1, -0.05) is 6.07 Å². The van der Waals surface area contributed by atoms with Crippen LogP contribution in [-0.2, 0) is 17.6 Å². The first-order chi connectivity index (χ1) is 19.1. The summed E-state index contributed by atoms with van der Waals surface area (Å²) in [5.74, 6) is 0.0625. The summed E-state index contributed by atoms with van der Waals surface area (Å²) in [4.78, 5) is 48.2. The van der Waals surface area contributed by atoms with Gasteiger partial charge in [-0.05, 0) is 94.8 Å². The number of hydrogen-bond acceptors (Lipinski definition) is 7. The van der Waals surface area contributed by atoms with Gasteiger partial charge in [0.25, 0.3) is 0 Å². The lowest BCUT2D eigenvalue weighted by Crippen LogP contribution is -2.58. The Bertz CT molecular complexity index is 1300. The molecule has 2 unspecified atom stereocenters. The van der Waals surface area contributed by atoms with Crippen molar-refractivity contribution >= 4 is 30.2 Å². The number of urea groups is 1. The van der Waals surface area contributed by atoms with Crippen LogP contribution in [0.5, 0.6) is 0 Å². The molecule has 0 bridgehead atoms. The van der Waals surface area contributed by atoms with E-state index in [0.29, 0.717) is 38.3 Å². The predicted octanol–water partition coefficient (Wildman–Crippen LogP) is 1.74. The van der Waals surface area contributed by atoms with E-state index in [1.54, 1.807) is 35.9 Å². The van der Waals surface area contributed by atoms with Gasteiger partial charge in [-0.25, -0.2) is 9.59 Å². The van der Waals surface area contributed by atoms with E-state index in [9.17, 15) is 14.4 Å². The molecule has 1 aromatic carbocycles. The van der Waals surface area contributed by atoms with Crippen LogP contribution in [0.25, 0.3) is 5.69 Å². The Morgan fingerprint density at radius 2 is 1.71 bits per heavy atom. The second-order valence-electron chi connectivity index (χ2n) is 12.0. The number of amides is 3. The van der Waals surface area contributed by atoms with Crippen molar-refractivity contribution in [2.24, 2.45) is 11.5 Å². The van der Waals surface area contributed by atoms with E-state index in [2.05, 4.69) is 27.3 Å². The average molecular weight is 587 g/mol. The van der Waals surface area contributed by atoms with Gasteiger partial charge in [0.2, 0.25) is 5.91 Å². The average Bonchev–Trinajstić information content (AvgIpc) is 3.16. The number of aromatic nitrogens is 2. The molecule has 2 aromatic rings. The highest BCUT2D eigenvalue weighted by atomic mass is 35.5. The van der Waals surface area contributed by atoms with Gasteiger partial charge < -0.3 is 21.3 Å². The lowest BCUT2D eigenvalue weighted by Gasteiger charge is -2.37. The zero-order chi connectivity index (χ0) is 28.4. The van der Waals surface area contributed by atoms with E-state index in [-0.39, 0.29) is 30.2 Å². The molecule has 3 amide bonds. The molecule has 2 aliphatic heterocycles. The molecule has 11 nitrogen and oxygen atoms in total. The third-order valence-electron chi connectivity index (χ3n) is 8.44. The Balaban J connectivity index is 0.00000387. The summed E-state index contributed by atoms with van der Waals surface area (Å²) in [6, 6.07) is 8.30. The Kier molecular flexibility index (Phi) is 9.73. The molecule has 1 aromatic heterocycles. The number of anilines is 1. The highest BCUT2D eigenvalue weighted by molar-refractivity contribution is 5.89. The van der Waals surface area contributed by atoms with Crippen LogP contribution in [-0.4, -0.2) is 93.1 Å². The van der Waals surface area contributed by atoms with E-state index < -0.39 is 11.2 Å². The molecular formula is C29H43ClN8O3. The Morgan fingerprint density at radius 1 is 0.976 bits per heavy atom. The van der Waals surface area contributed by atoms with Crippen LogP contribution in [0.15, 0.2) is 35.3 Å². The van der Waals surface area contributed by atoms with Crippen LogP contribution in [0, 0.1) is 0 Å². The van der Waals surface area contributed by atoms with Crippen LogP contribution in [0.3, 0.4) is 0 Å². The number of nitrogens with one attached hydrogen (secondary N) is 1. The molecule has 3 heterocycles. The maximum Gasteiger partial charge on any atom is 0.354 e. The molecule has 224 valence electrons. The second kappa shape index (κ2) is 12.9. The Hall–Kier alpha value is -2.99. The van der Waals surface area contributed by atoms with Crippen LogP contribution >= 0.6 is 12.4 Å². The number of fused-ring (bicyclic) bond motifs is 1. The van der Waals surface area contributed by atoms with Gasteiger partial charge in [-0.2, -0.15) is 4.98 Å². The van der Waals surface area contributed by atoms with E-state index >= 15 is 0 Å². The molecule has 0 saturated carbocycles.